The van der Waals surface area contributed by atoms with Crippen LogP contribution in [0.2, 0.25) is 0 Å². The fourth-order valence-electron chi connectivity index (χ4n) is 3.12. The van der Waals surface area contributed by atoms with Crippen molar-refractivity contribution >= 4 is 17.3 Å². The molecule has 2 rings (SSSR count). The first-order valence-corrected chi connectivity index (χ1v) is 9.13. The van der Waals surface area contributed by atoms with Crippen LogP contribution in [0.5, 0.6) is 0 Å². The lowest BCUT2D eigenvalue weighted by molar-refractivity contribution is -0.121. The zero-order valence-corrected chi connectivity index (χ0v) is 16.0. The molecule has 7 heteroatoms. The number of nitrogens with one attached hydrogen (secondary N) is 2. The lowest BCUT2D eigenvalue weighted by Gasteiger charge is -2.37. The average molecular weight is 367 g/mol. The summed E-state index contributed by atoms with van der Waals surface area (Å²) in [5, 5.41) is 5.87. The normalized spacial score (nSPS) is 21.3. The van der Waals surface area contributed by atoms with Gasteiger partial charge in [0.15, 0.2) is 0 Å². The molecule has 1 saturated heterocycles. The molecule has 3 atom stereocenters. The SMILES string of the molecule is COCCCNC(=O)[C@H](C)Nc1ccc(N2C[C@@H](C)O[C@H](C)C2)c(F)c1. The van der Waals surface area contributed by atoms with Gasteiger partial charge in [-0.15, -0.1) is 0 Å². The van der Waals surface area contributed by atoms with Gasteiger partial charge in [-0.3, -0.25) is 4.79 Å². The van der Waals surface area contributed by atoms with E-state index in [1.54, 1.807) is 26.2 Å². The Morgan fingerprint density at radius 1 is 1.38 bits per heavy atom. The Labute approximate surface area is 155 Å². The van der Waals surface area contributed by atoms with E-state index in [2.05, 4.69) is 10.6 Å². The Kier molecular flexibility index (Phi) is 7.66. The first-order valence-electron chi connectivity index (χ1n) is 9.13. The van der Waals surface area contributed by atoms with Crippen LogP contribution in [0, 0.1) is 5.82 Å². The summed E-state index contributed by atoms with van der Waals surface area (Å²) in [5.74, 6) is -0.426. The largest absolute Gasteiger partial charge is 0.385 e. The molecule has 0 spiro atoms. The van der Waals surface area contributed by atoms with Crippen molar-refractivity contribution in [3.63, 3.8) is 0 Å². The molecule has 0 radical (unpaired) electrons. The van der Waals surface area contributed by atoms with E-state index in [0.29, 0.717) is 37.6 Å². The van der Waals surface area contributed by atoms with Crippen molar-refractivity contribution in [1.29, 1.82) is 0 Å². The Morgan fingerprint density at radius 3 is 2.69 bits per heavy atom. The van der Waals surface area contributed by atoms with Crippen LogP contribution in [0.25, 0.3) is 0 Å². The molecule has 0 bridgehead atoms. The maximum atomic E-state index is 14.6. The van der Waals surface area contributed by atoms with Crippen LogP contribution in [0.4, 0.5) is 15.8 Å². The summed E-state index contributed by atoms with van der Waals surface area (Å²) in [5.41, 5.74) is 1.15. The van der Waals surface area contributed by atoms with Crippen molar-refractivity contribution in [2.24, 2.45) is 0 Å². The standard InChI is InChI=1S/C19H30FN3O3/c1-13-11-23(12-14(2)26-13)18-7-6-16(10-17(18)20)22-15(3)19(24)21-8-5-9-25-4/h6-7,10,13-15,22H,5,8-9,11-12H2,1-4H3,(H,21,24)/t13-,14-,15+/m1/s1. The minimum Gasteiger partial charge on any atom is -0.385 e. The van der Waals surface area contributed by atoms with Crippen molar-refractivity contribution in [3.8, 4) is 0 Å². The number of ether oxygens (including phenoxy) is 2. The Hall–Kier alpha value is -1.86. The smallest absolute Gasteiger partial charge is 0.242 e. The third-order valence-corrected chi connectivity index (χ3v) is 4.31. The Balaban J connectivity index is 1.93. The molecule has 26 heavy (non-hydrogen) atoms. The fraction of sp³-hybridized carbons (Fsp3) is 0.632. The lowest BCUT2D eigenvalue weighted by atomic mass is 10.1. The summed E-state index contributed by atoms with van der Waals surface area (Å²) in [6, 6.07) is 4.55. The van der Waals surface area contributed by atoms with Gasteiger partial charge in [-0.2, -0.15) is 0 Å². The Morgan fingerprint density at radius 2 is 2.08 bits per heavy atom. The molecule has 0 aromatic heterocycles. The van der Waals surface area contributed by atoms with E-state index in [0.717, 1.165) is 6.42 Å². The van der Waals surface area contributed by atoms with Crippen LogP contribution < -0.4 is 15.5 Å². The Bertz CT molecular complexity index is 589. The van der Waals surface area contributed by atoms with Gasteiger partial charge in [-0.05, 0) is 45.4 Å². The highest BCUT2D eigenvalue weighted by molar-refractivity contribution is 5.84. The molecular weight excluding hydrogens is 337 g/mol. The predicted molar refractivity (Wildman–Crippen MR) is 101 cm³/mol. The van der Waals surface area contributed by atoms with Gasteiger partial charge < -0.3 is 25.0 Å². The fourth-order valence-corrected chi connectivity index (χ4v) is 3.12. The zero-order chi connectivity index (χ0) is 19.1. The van der Waals surface area contributed by atoms with Crippen molar-refractivity contribution < 1.29 is 18.7 Å². The number of methoxy groups -OCH3 is 1. The summed E-state index contributed by atoms with van der Waals surface area (Å²) in [6.45, 7) is 8.21. The van der Waals surface area contributed by atoms with Crippen molar-refractivity contribution in [1.82, 2.24) is 5.32 Å². The number of halogens is 1. The van der Waals surface area contributed by atoms with E-state index in [1.165, 1.54) is 6.07 Å². The van der Waals surface area contributed by atoms with Crippen molar-refractivity contribution in [2.45, 2.75) is 45.4 Å². The van der Waals surface area contributed by atoms with E-state index in [-0.39, 0.29) is 23.9 Å². The van der Waals surface area contributed by atoms with E-state index >= 15 is 0 Å². The number of morpholine rings is 1. The van der Waals surface area contributed by atoms with Gasteiger partial charge in [0.05, 0.1) is 17.9 Å². The minimum absolute atomic E-state index is 0.0674. The van der Waals surface area contributed by atoms with Crippen LogP contribution >= 0.6 is 0 Å². The molecule has 1 amide bonds. The molecule has 1 aliphatic heterocycles. The van der Waals surface area contributed by atoms with Gasteiger partial charge in [0, 0.05) is 39.0 Å². The number of benzene rings is 1. The highest BCUT2D eigenvalue weighted by Gasteiger charge is 2.24. The number of hydrogen-bond acceptors (Lipinski definition) is 5. The molecule has 1 heterocycles. The first-order chi connectivity index (χ1) is 12.4. The molecule has 6 nitrogen and oxygen atoms in total. The molecule has 1 aromatic rings. The highest BCUT2D eigenvalue weighted by Crippen LogP contribution is 2.26. The number of nitrogens with zero attached hydrogens (tertiary/aromatic N) is 1. The third-order valence-electron chi connectivity index (χ3n) is 4.31. The molecule has 2 N–H and O–H groups in total. The van der Waals surface area contributed by atoms with Gasteiger partial charge in [0.25, 0.3) is 0 Å². The number of amides is 1. The molecule has 0 saturated carbocycles. The topological polar surface area (TPSA) is 62.8 Å². The van der Waals surface area contributed by atoms with E-state index in [1.807, 2.05) is 18.7 Å². The zero-order valence-electron chi connectivity index (χ0n) is 16.0. The van der Waals surface area contributed by atoms with Gasteiger partial charge in [-0.1, -0.05) is 0 Å². The van der Waals surface area contributed by atoms with Gasteiger partial charge in [0.1, 0.15) is 11.9 Å². The summed E-state index contributed by atoms with van der Waals surface area (Å²) in [7, 11) is 1.63. The van der Waals surface area contributed by atoms with Gasteiger partial charge >= 0.3 is 0 Å². The van der Waals surface area contributed by atoms with E-state index in [4.69, 9.17) is 9.47 Å². The number of rotatable bonds is 8. The maximum Gasteiger partial charge on any atom is 0.242 e. The summed E-state index contributed by atoms with van der Waals surface area (Å²) >= 11 is 0. The predicted octanol–water partition coefficient (Wildman–Crippen LogP) is 2.39. The first kappa shape index (κ1) is 20.5. The second-order valence-corrected chi connectivity index (χ2v) is 6.83. The van der Waals surface area contributed by atoms with E-state index < -0.39 is 6.04 Å². The van der Waals surface area contributed by atoms with Crippen LogP contribution in [-0.2, 0) is 14.3 Å². The summed E-state index contributed by atoms with van der Waals surface area (Å²) in [6.07, 6.45) is 0.893. The number of carbonyl (C=O) groups is 1. The number of anilines is 2. The molecule has 1 aromatic carbocycles. The number of carbonyl (C=O) groups excluding carboxylic acids is 1. The van der Waals surface area contributed by atoms with Crippen LogP contribution in [0.3, 0.4) is 0 Å². The summed E-state index contributed by atoms with van der Waals surface area (Å²) < 4.78 is 25.2. The second-order valence-electron chi connectivity index (χ2n) is 6.83. The van der Waals surface area contributed by atoms with E-state index in [9.17, 15) is 9.18 Å². The molecular formula is C19H30FN3O3. The van der Waals surface area contributed by atoms with Crippen molar-refractivity contribution in [3.05, 3.63) is 24.0 Å². The molecule has 0 unspecified atom stereocenters. The maximum absolute atomic E-state index is 14.6. The average Bonchev–Trinajstić information content (AvgIpc) is 2.57. The molecule has 146 valence electrons. The molecule has 0 aliphatic carbocycles. The van der Waals surface area contributed by atoms with Gasteiger partial charge in [0.2, 0.25) is 5.91 Å². The van der Waals surface area contributed by atoms with Crippen molar-refractivity contribution in [2.75, 3.05) is 43.6 Å². The second kappa shape index (κ2) is 9.73. The third kappa shape index (κ3) is 5.85. The van der Waals surface area contributed by atoms with Crippen LogP contribution in [-0.4, -0.2) is 57.5 Å². The highest BCUT2D eigenvalue weighted by atomic mass is 19.1. The monoisotopic (exact) mass is 367 g/mol. The minimum atomic E-state index is -0.453. The van der Waals surface area contributed by atoms with Crippen LogP contribution in [0.15, 0.2) is 18.2 Å². The van der Waals surface area contributed by atoms with Gasteiger partial charge in [-0.25, -0.2) is 4.39 Å². The molecule has 1 aliphatic rings. The quantitative estimate of drug-likeness (QED) is 0.691. The molecule has 1 fully saturated rings. The van der Waals surface area contributed by atoms with Crippen LogP contribution in [0.1, 0.15) is 27.2 Å². The number of hydrogen-bond donors (Lipinski definition) is 2. The summed E-state index contributed by atoms with van der Waals surface area (Å²) in [4.78, 5) is 14.1. The lowest BCUT2D eigenvalue weighted by Crippen LogP contribution is -2.45.